The van der Waals surface area contributed by atoms with Gasteiger partial charge in [0.2, 0.25) is 0 Å². The zero-order valence-corrected chi connectivity index (χ0v) is 10.7. The molecule has 0 saturated carbocycles. The number of benzene rings is 1. The molecule has 2 rings (SSSR count). The molecular formula is C14H16N2O3. The van der Waals surface area contributed by atoms with Crippen molar-refractivity contribution in [2.45, 2.75) is 6.04 Å². The van der Waals surface area contributed by atoms with E-state index >= 15 is 0 Å². The molecule has 5 nitrogen and oxygen atoms in total. The third kappa shape index (κ3) is 3.18. The first-order valence-electron chi connectivity index (χ1n) is 6.01. The Balaban J connectivity index is 1.93. The van der Waals surface area contributed by atoms with Crippen molar-refractivity contribution >= 4 is 5.91 Å². The number of hydrogen-bond acceptors (Lipinski definition) is 4. The molecule has 0 spiro atoms. The van der Waals surface area contributed by atoms with Crippen molar-refractivity contribution in [3.05, 3.63) is 23.8 Å². The zero-order chi connectivity index (χ0) is 13.7. The summed E-state index contributed by atoms with van der Waals surface area (Å²) < 4.78 is 10.9. The Morgan fingerprint density at radius 3 is 3.21 bits per heavy atom. The summed E-state index contributed by atoms with van der Waals surface area (Å²) in [5, 5.41) is 5.69. The third-order valence-corrected chi connectivity index (χ3v) is 2.87. The molecule has 1 aliphatic rings. The second-order valence-electron chi connectivity index (χ2n) is 4.12. The molecular weight excluding hydrogens is 244 g/mol. The van der Waals surface area contributed by atoms with Crippen LogP contribution < -0.4 is 20.1 Å². The molecule has 5 heteroatoms. The number of ether oxygens (including phenoxy) is 2. The molecule has 0 aromatic heterocycles. The number of likely N-dealkylation sites (N-methyl/N-ethyl adjacent to an activating group) is 1. The Hall–Kier alpha value is -2.19. The van der Waals surface area contributed by atoms with Gasteiger partial charge in [0.15, 0.2) is 6.61 Å². The van der Waals surface area contributed by atoms with Crippen molar-refractivity contribution in [2.75, 3.05) is 26.8 Å². The average molecular weight is 260 g/mol. The van der Waals surface area contributed by atoms with Gasteiger partial charge >= 0.3 is 0 Å². The molecule has 1 heterocycles. The van der Waals surface area contributed by atoms with E-state index in [1.54, 1.807) is 6.07 Å². The number of rotatable bonds is 5. The van der Waals surface area contributed by atoms with Gasteiger partial charge in [-0.15, -0.1) is 6.42 Å². The summed E-state index contributed by atoms with van der Waals surface area (Å²) >= 11 is 0. The van der Waals surface area contributed by atoms with Crippen LogP contribution in [-0.2, 0) is 4.79 Å². The van der Waals surface area contributed by atoms with Gasteiger partial charge in [0, 0.05) is 11.6 Å². The highest BCUT2D eigenvalue weighted by Crippen LogP contribution is 2.34. The van der Waals surface area contributed by atoms with Crippen LogP contribution in [0.5, 0.6) is 11.5 Å². The molecule has 0 fully saturated rings. The number of fused-ring (bicyclic) bond motifs is 1. The highest BCUT2D eigenvalue weighted by molar-refractivity contribution is 5.77. The molecule has 1 aliphatic heterocycles. The molecule has 100 valence electrons. The minimum atomic E-state index is -0.243. The largest absolute Gasteiger partial charge is 0.491 e. The van der Waals surface area contributed by atoms with E-state index in [4.69, 9.17) is 15.9 Å². The van der Waals surface area contributed by atoms with E-state index in [-0.39, 0.29) is 25.1 Å². The van der Waals surface area contributed by atoms with Gasteiger partial charge in [0.05, 0.1) is 12.6 Å². The number of carbonyl (C=O) groups excluding carboxylic acids is 1. The number of terminal acetylenes is 1. The van der Waals surface area contributed by atoms with Gasteiger partial charge < -0.3 is 20.1 Å². The fraction of sp³-hybridized carbons (Fsp3) is 0.357. The van der Waals surface area contributed by atoms with Crippen LogP contribution in [0.4, 0.5) is 0 Å². The van der Waals surface area contributed by atoms with Gasteiger partial charge in [-0.1, -0.05) is 5.92 Å². The van der Waals surface area contributed by atoms with Crippen LogP contribution >= 0.6 is 0 Å². The van der Waals surface area contributed by atoms with E-state index < -0.39 is 0 Å². The predicted molar refractivity (Wildman–Crippen MR) is 71.1 cm³/mol. The number of nitrogens with one attached hydrogen (secondary N) is 2. The molecule has 0 radical (unpaired) electrons. The van der Waals surface area contributed by atoms with Crippen molar-refractivity contribution in [3.8, 4) is 23.8 Å². The first kappa shape index (κ1) is 13.2. The van der Waals surface area contributed by atoms with E-state index in [2.05, 4.69) is 16.6 Å². The first-order valence-corrected chi connectivity index (χ1v) is 6.01. The van der Waals surface area contributed by atoms with Gasteiger partial charge in [0.25, 0.3) is 5.91 Å². The summed E-state index contributed by atoms with van der Waals surface area (Å²) in [6, 6.07) is 5.77. The smallest absolute Gasteiger partial charge is 0.258 e. The van der Waals surface area contributed by atoms with Crippen LogP contribution in [0.15, 0.2) is 18.2 Å². The van der Waals surface area contributed by atoms with E-state index in [0.717, 1.165) is 11.3 Å². The third-order valence-electron chi connectivity index (χ3n) is 2.87. The fourth-order valence-electron chi connectivity index (χ4n) is 1.87. The maximum atomic E-state index is 11.3. The molecule has 0 aliphatic carbocycles. The highest BCUT2D eigenvalue weighted by Gasteiger charge is 2.22. The van der Waals surface area contributed by atoms with Crippen molar-refractivity contribution in [1.29, 1.82) is 0 Å². The van der Waals surface area contributed by atoms with Crippen LogP contribution in [0.2, 0.25) is 0 Å². The van der Waals surface area contributed by atoms with E-state index in [1.807, 2.05) is 19.2 Å². The van der Waals surface area contributed by atoms with Crippen LogP contribution in [0.1, 0.15) is 11.6 Å². The first-order chi connectivity index (χ1) is 9.24. The lowest BCUT2D eigenvalue weighted by atomic mass is 10.1. The molecule has 0 saturated heterocycles. The fourth-order valence-corrected chi connectivity index (χ4v) is 1.87. The Morgan fingerprint density at radius 1 is 1.63 bits per heavy atom. The zero-order valence-electron chi connectivity index (χ0n) is 10.7. The van der Waals surface area contributed by atoms with Crippen LogP contribution in [0.25, 0.3) is 0 Å². The van der Waals surface area contributed by atoms with E-state index in [1.165, 1.54) is 0 Å². The van der Waals surface area contributed by atoms with E-state index in [0.29, 0.717) is 12.4 Å². The molecule has 0 bridgehead atoms. The molecule has 1 atom stereocenters. The van der Waals surface area contributed by atoms with Gasteiger partial charge in [-0.3, -0.25) is 4.79 Å². The maximum absolute atomic E-state index is 11.3. The quantitative estimate of drug-likeness (QED) is 0.756. The molecule has 1 aromatic rings. The average Bonchev–Trinajstić information content (AvgIpc) is 2.85. The minimum absolute atomic E-state index is 0.0596. The molecule has 1 aromatic carbocycles. The Kier molecular flexibility index (Phi) is 4.26. The van der Waals surface area contributed by atoms with Gasteiger partial charge in [-0.25, -0.2) is 0 Å². The van der Waals surface area contributed by atoms with Gasteiger partial charge in [0.1, 0.15) is 18.1 Å². The summed E-state index contributed by atoms with van der Waals surface area (Å²) in [5.74, 6) is 3.48. The Bertz CT molecular complexity index is 508. The van der Waals surface area contributed by atoms with Gasteiger partial charge in [-0.2, -0.15) is 0 Å². The van der Waals surface area contributed by atoms with Gasteiger partial charge in [-0.05, 0) is 19.2 Å². The van der Waals surface area contributed by atoms with Crippen molar-refractivity contribution in [1.82, 2.24) is 10.6 Å². The monoisotopic (exact) mass is 260 g/mol. The highest BCUT2D eigenvalue weighted by atomic mass is 16.5. The SMILES string of the molecule is C#CCNC(=O)COc1ccc2c(c1)OCC2NC. The van der Waals surface area contributed by atoms with Crippen LogP contribution in [0, 0.1) is 12.3 Å². The summed E-state index contributed by atoms with van der Waals surface area (Å²) in [5.41, 5.74) is 1.10. The van der Waals surface area contributed by atoms with Crippen molar-refractivity contribution in [3.63, 3.8) is 0 Å². The maximum Gasteiger partial charge on any atom is 0.258 e. The Labute approximate surface area is 112 Å². The van der Waals surface area contributed by atoms with Crippen molar-refractivity contribution < 1.29 is 14.3 Å². The summed E-state index contributed by atoms with van der Waals surface area (Å²) in [6.07, 6.45) is 5.04. The van der Waals surface area contributed by atoms with E-state index in [9.17, 15) is 4.79 Å². The van der Waals surface area contributed by atoms with Crippen molar-refractivity contribution in [2.24, 2.45) is 0 Å². The lowest BCUT2D eigenvalue weighted by Gasteiger charge is -2.08. The second-order valence-corrected chi connectivity index (χ2v) is 4.12. The van der Waals surface area contributed by atoms with Crippen LogP contribution in [0.3, 0.4) is 0 Å². The standard InChI is InChI=1S/C14H16N2O3/c1-3-6-16-14(17)9-18-10-4-5-11-12(15-2)8-19-13(11)7-10/h1,4-5,7,12,15H,6,8-9H2,2H3,(H,16,17). The molecule has 1 amide bonds. The molecule has 1 unspecified atom stereocenters. The number of amides is 1. The molecule has 2 N–H and O–H groups in total. The normalized spacial score (nSPS) is 16.1. The second kappa shape index (κ2) is 6.12. The summed E-state index contributed by atoms with van der Waals surface area (Å²) in [4.78, 5) is 11.3. The topological polar surface area (TPSA) is 59.6 Å². The summed E-state index contributed by atoms with van der Waals surface area (Å²) in [6.45, 7) is 0.757. The Morgan fingerprint density at radius 2 is 2.47 bits per heavy atom. The molecule has 19 heavy (non-hydrogen) atoms. The summed E-state index contributed by atoms with van der Waals surface area (Å²) in [7, 11) is 1.89. The number of carbonyl (C=O) groups is 1. The number of hydrogen-bond donors (Lipinski definition) is 2. The predicted octanol–water partition coefficient (Wildman–Crippen LogP) is 0.468. The minimum Gasteiger partial charge on any atom is -0.491 e. The lowest BCUT2D eigenvalue weighted by molar-refractivity contribution is -0.122. The van der Waals surface area contributed by atoms with Crippen LogP contribution in [-0.4, -0.2) is 32.7 Å². The lowest BCUT2D eigenvalue weighted by Crippen LogP contribution is -2.29.